The Morgan fingerprint density at radius 1 is 1.24 bits per heavy atom. The van der Waals surface area contributed by atoms with Gasteiger partial charge >= 0.3 is 0 Å². The monoisotopic (exact) mass is 242 g/mol. The predicted molar refractivity (Wildman–Crippen MR) is 64.6 cm³/mol. The summed E-state index contributed by atoms with van der Waals surface area (Å²) in [5, 5.41) is 7.12. The second kappa shape index (κ2) is 9.15. The molecule has 5 heteroatoms. The first-order chi connectivity index (χ1) is 8.36. The molecule has 0 spiro atoms. The molecule has 1 aromatic rings. The molecule has 0 aromatic carbocycles. The van der Waals surface area contributed by atoms with Crippen molar-refractivity contribution in [3.05, 3.63) is 17.5 Å². The molecular weight excluding hydrogens is 220 g/mol. The third-order valence-corrected chi connectivity index (χ3v) is 2.13. The molecule has 1 rings (SSSR count). The Bertz CT molecular complexity index is 289. The van der Waals surface area contributed by atoms with Crippen molar-refractivity contribution in [3.63, 3.8) is 0 Å². The topological polar surface area (TPSA) is 56.5 Å². The first-order valence-corrected chi connectivity index (χ1v) is 6.17. The second-order valence-electron chi connectivity index (χ2n) is 3.73. The Balaban J connectivity index is 2.08. The van der Waals surface area contributed by atoms with E-state index in [0.717, 1.165) is 37.6 Å². The summed E-state index contributed by atoms with van der Waals surface area (Å²) in [4.78, 5) is 0. The van der Waals surface area contributed by atoms with Gasteiger partial charge < -0.3 is 19.3 Å². The zero-order valence-electron chi connectivity index (χ0n) is 10.7. The molecule has 0 atom stereocenters. The summed E-state index contributed by atoms with van der Waals surface area (Å²) in [7, 11) is 0. The highest BCUT2D eigenvalue weighted by atomic mass is 16.5. The highest BCUT2D eigenvalue weighted by Gasteiger charge is 2.03. The van der Waals surface area contributed by atoms with Gasteiger partial charge in [0.1, 0.15) is 6.61 Å². The smallest absolute Gasteiger partial charge is 0.162 e. The van der Waals surface area contributed by atoms with Gasteiger partial charge in [0.15, 0.2) is 5.76 Å². The molecule has 0 radical (unpaired) electrons. The van der Waals surface area contributed by atoms with Crippen molar-refractivity contribution in [3.8, 4) is 0 Å². The third-order valence-electron chi connectivity index (χ3n) is 2.13. The van der Waals surface area contributed by atoms with Crippen molar-refractivity contribution in [1.82, 2.24) is 10.5 Å². The summed E-state index contributed by atoms with van der Waals surface area (Å²) in [5.74, 6) is 0.758. The van der Waals surface area contributed by atoms with Crippen LogP contribution in [-0.4, -0.2) is 31.5 Å². The molecule has 98 valence electrons. The first kappa shape index (κ1) is 14.2. The van der Waals surface area contributed by atoms with Gasteiger partial charge in [0.25, 0.3) is 0 Å². The highest BCUT2D eigenvalue weighted by Crippen LogP contribution is 2.04. The first-order valence-electron chi connectivity index (χ1n) is 6.17. The molecule has 0 aliphatic heterocycles. The van der Waals surface area contributed by atoms with Gasteiger partial charge in [0.2, 0.25) is 0 Å². The number of rotatable bonds is 10. The molecule has 0 fully saturated rings. The van der Waals surface area contributed by atoms with Gasteiger partial charge in [0, 0.05) is 19.2 Å². The Kier molecular flexibility index (Phi) is 7.62. The molecule has 0 aliphatic carbocycles. The van der Waals surface area contributed by atoms with Crippen molar-refractivity contribution in [2.24, 2.45) is 0 Å². The zero-order valence-corrected chi connectivity index (χ0v) is 10.7. The van der Waals surface area contributed by atoms with Crippen molar-refractivity contribution in [1.29, 1.82) is 0 Å². The summed E-state index contributed by atoms with van der Waals surface area (Å²) in [6.45, 7) is 8.26. The highest BCUT2D eigenvalue weighted by molar-refractivity contribution is 5.04. The van der Waals surface area contributed by atoms with Crippen molar-refractivity contribution < 1.29 is 14.0 Å². The Hall–Kier alpha value is -0.910. The largest absolute Gasteiger partial charge is 0.379 e. The summed E-state index contributed by atoms with van der Waals surface area (Å²) in [5.41, 5.74) is 0.910. The SMILES string of the molecule is CCCOCCOCc1cc(CNCC)no1. The van der Waals surface area contributed by atoms with Crippen LogP contribution in [-0.2, 0) is 22.6 Å². The van der Waals surface area contributed by atoms with E-state index in [4.69, 9.17) is 14.0 Å². The van der Waals surface area contributed by atoms with Crippen molar-refractivity contribution >= 4 is 0 Å². The van der Waals surface area contributed by atoms with E-state index in [1.807, 2.05) is 6.07 Å². The fraction of sp³-hybridized carbons (Fsp3) is 0.750. The quantitative estimate of drug-likeness (QED) is 0.633. The molecule has 0 bridgehead atoms. The van der Waals surface area contributed by atoms with Gasteiger partial charge in [-0.2, -0.15) is 0 Å². The lowest BCUT2D eigenvalue weighted by Crippen LogP contribution is -2.11. The van der Waals surface area contributed by atoms with Crippen LogP contribution in [0.3, 0.4) is 0 Å². The van der Waals surface area contributed by atoms with Crippen molar-refractivity contribution in [2.75, 3.05) is 26.4 Å². The molecule has 0 saturated carbocycles. The maximum atomic E-state index is 5.40. The van der Waals surface area contributed by atoms with Crippen LogP contribution < -0.4 is 5.32 Å². The standard InChI is InChI=1S/C12H22N2O3/c1-3-5-15-6-7-16-10-12-8-11(14-17-12)9-13-4-2/h8,13H,3-7,9-10H2,1-2H3. The average molecular weight is 242 g/mol. The van der Waals surface area contributed by atoms with E-state index < -0.39 is 0 Å². The van der Waals surface area contributed by atoms with Gasteiger partial charge in [-0.05, 0) is 13.0 Å². The van der Waals surface area contributed by atoms with Crippen LogP contribution in [0.4, 0.5) is 0 Å². The van der Waals surface area contributed by atoms with Crippen LogP contribution in [0, 0.1) is 0 Å². The van der Waals surface area contributed by atoms with E-state index in [2.05, 4.69) is 24.3 Å². The van der Waals surface area contributed by atoms with Crippen LogP contribution in [0.1, 0.15) is 31.7 Å². The summed E-state index contributed by atoms with van der Waals surface area (Å²) in [6.07, 6.45) is 1.04. The summed E-state index contributed by atoms with van der Waals surface area (Å²) < 4.78 is 15.8. The fourth-order valence-electron chi connectivity index (χ4n) is 1.30. The zero-order chi connectivity index (χ0) is 12.3. The van der Waals surface area contributed by atoms with Gasteiger partial charge in [-0.25, -0.2) is 0 Å². The lowest BCUT2D eigenvalue weighted by Gasteiger charge is -2.02. The third kappa shape index (κ3) is 6.41. The van der Waals surface area contributed by atoms with Crippen LogP contribution in [0.25, 0.3) is 0 Å². The minimum Gasteiger partial charge on any atom is -0.379 e. The lowest BCUT2D eigenvalue weighted by molar-refractivity contribution is 0.0333. The number of nitrogens with zero attached hydrogens (tertiary/aromatic N) is 1. The maximum Gasteiger partial charge on any atom is 0.162 e. The fourth-order valence-corrected chi connectivity index (χ4v) is 1.30. The van der Waals surface area contributed by atoms with Gasteiger partial charge in [-0.1, -0.05) is 19.0 Å². The second-order valence-corrected chi connectivity index (χ2v) is 3.73. The minimum atomic E-state index is 0.453. The van der Waals surface area contributed by atoms with Crippen LogP contribution in [0.15, 0.2) is 10.6 Å². The molecule has 1 heterocycles. The maximum absolute atomic E-state index is 5.40. The van der Waals surface area contributed by atoms with Crippen LogP contribution >= 0.6 is 0 Å². The number of ether oxygens (including phenoxy) is 2. The Morgan fingerprint density at radius 2 is 2.06 bits per heavy atom. The van der Waals surface area contributed by atoms with Gasteiger partial charge in [-0.15, -0.1) is 0 Å². The lowest BCUT2D eigenvalue weighted by atomic mass is 10.3. The normalized spacial score (nSPS) is 10.9. The van der Waals surface area contributed by atoms with E-state index >= 15 is 0 Å². The molecular formula is C12H22N2O3. The van der Waals surface area contributed by atoms with E-state index in [1.165, 1.54) is 0 Å². The van der Waals surface area contributed by atoms with E-state index in [0.29, 0.717) is 19.8 Å². The average Bonchev–Trinajstić information content (AvgIpc) is 2.79. The van der Waals surface area contributed by atoms with Crippen LogP contribution in [0.2, 0.25) is 0 Å². The molecule has 0 aliphatic rings. The van der Waals surface area contributed by atoms with E-state index in [9.17, 15) is 0 Å². The number of hydrogen-bond acceptors (Lipinski definition) is 5. The summed E-state index contributed by atoms with van der Waals surface area (Å²) >= 11 is 0. The Labute approximate surface area is 102 Å². The molecule has 5 nitrogen and oxygen atoms in total. The summed E-state index contributed by atoms with van der Waals surface area (Å²) in [6, 6.07) is 1.91. The minimum absolute atomic E-state index is 0.453. The van der Waals surface area contributed by atoms with E-state index in [-0.39, 0.29) is 0 Å². The molecule has 0 amide bonds. The van der Waals surface area contributed by atoms with Crippen molar-refractivity contribution in [2.45, 2.75) is 33.4 Å². The van der Waals surface area contributed by atoms with Crippen LogP contribution in [0.5, 0.6) is 0 Å². The predicted octanol–water partition coefficient (Wildman–Crippen LogP) is 1.73. The molecule has 0 saturated heterocycles. The molecule has 17 heavy (non-hydrogen) atoms. The van der Waals surface area contributed by atoms with E-state index in [1.54, 1.807) is 0 Å². The molecule has 0 unspecified atom stereocenters. The van der Waals surface area contributed by atoms with Gasteiger partial charge in [0.05, 0.1) is 18.9 Å². The Morgan fingerprint density at radius 3 is 2.82 bits per heavy atom. The van der Waals surface area contributed by atoms with Gasteiger partial charge in [-0.3, -0.25) is 0 Å². The number of aromatic nitrogens is 1. The molecule has 1 N–H and O–H groups in total. The number of nitrogens with one attached hydrogen (secondary N) is 1. The number of hydrogen-bond donors (Lipinski definition) is 1. The molecule has 1 aromatic heterocycles.